The molecule has 0 saturated carbocycles. The van der Waals surface area contributed by atoms with E-state index in [0.29, 0.717) is 18.8 Å². The summed E-state index contributed by atoms with van der Waals surface area (Å²) in [5.74, 6) is -0.904. The molecule has 28 heavy (non-hydrogen) atoms. The molecule has 1 aromatic rings. The number of hydrogen-bond donors (Lipinski definition) is 1. The minimum atomic E-state index is -0.724. The normalized spacial score (nSPS) is 10.4. The molecule has 0 aliphatic carbocycles. The quantitative estimate of drug-likeness (QED) is 0.438. The lowest BCUT2D eigenvalue weighted by Gasteiger charge is -2.16. The predicted molar refractivity (Wildman–Crippen MR) is 103 cm³/mol. The number of hydrogen-bond acceptors (Lipinski definition) is 7. The van der Waals surface area contributed by atoms with Gasteiger partial charge >= 0.3 is 11.9 Å². The molecule has 0 aliphatic heterocycles. The zero-order valence-corrected chi connectivity index (χ0v) is 17.3. The maximum atomic E-state index is 12.2. The Morgan fingerprint density at radius 2 is 1.89 bits per heavy atom. The molecule has 0 bridgehead atoms. The summed E-state index contributed by atoms with van der Waals surface area (Å²) in [6.07, 6.45) is 0.510. The summed E-state index contributed by atoms with van der Waals surface area (Å²) in [5, 5.41) is 2.75. The standard InChI is InChI=1S/C19H26ClNO7/c1-5-26-17(23)7-6-8-21-16(22)11-27-19(24)13-9-14(20)18(28-12(2)3)15(10-13)25-4/h9-10,12H,5-8,11H2,1-4H3,(H,21,22). The van der Waals surface area contributed by atoms with Gasteiger partial charge in [0, 0.05) is 13.0 Å². The van der Waals surface area contributed by atoms with Crippen molar-refractivity contribution in [3.05, 3.63) is 22.7 Å². The van der Waals surface area contributed by atoms with Gasteiger partial charge in [-0.15, -0.1) is 0 Å². The van der Waals surface area contributed by atoms with Gasteiger partial charge in [-0.3, -0.25) is 9.59 Å². The van der Waals surface area contributed by atoms with E-state index in [1.807, 2.05) is 13.8 Å². The van der Waals surface area contributed by atoms with Crippen LogP contribution in [0.1, 0.15) is 44.0 Å². The zero-order chi connectivity index (χ0) is 21.1. The smallest absolute Gasteiger partial charge is 0.338 e. The van der Waals surface area contributed by atoms with Gasteiger partial charge in [0.1, 0.15) is 0 Å². The molecule has 0 fully saturated rings. The van der Waals surface area contributed by atoms with Gasteiger partial charge in [0.05, 0.1) is 30.4 Å². The number of methoxy groups -OCH3 is 1. The third kappa shape index (κ3) is 8.04. The van der Waals surface area contributed by atoms with E-state index in [4.69, 9.17) is 30.5 Å². The van der Waals surface area contributed by atoms with Crippen molar-refractivity contribution in [3.8, 4) is 11.5 Å². The third-order valence-corrected chi connectivity index (χ3v) is 3.62. The fraction of sp³-hybridized carbons (Fsp3) is 0.526. The Morgan fingerprint density at radius 1 is 1.18 bits per heavy atom. The van der Waals surface area contributed by atoms with Crippen LogP contribution >= 0.6 is 11.6 Å². The average Bonchev–Trinajstić information content (AvgIpc) is 2.64. The van der Waals surface area contributed by atoms with Crippen LogP contribution in [0, 0.1) is 0 Å². The number of amides is 1. The first kappa shape index (κ1) is 23.6. The first-order valence-corrected chi connectivity index (χ1v) is 9.29. The second-order valence-electron chi connectivity index (χ2n) is 5.99. The molecule has 0 aromatic heterocycles. The number of benzene rings is 1. The fourth-order valence-electron chi connectivity index (χ4n) is 2.15. The van der Waals surface area contributed by atoms with Gasteiger partial charge in [0.2, 0.25) is 0 Å². The van der Waals surface area contributed by atoms with Gasteiger partial charge in [0.15, 0.2) is 18.1 Å². The zero-order valence-electron chi connectivity index (χ0n) is 16.5. The van der Waals surface area contributed by atoms with Gasteiger partial charge < -0.3 is 24.3 Å². The van der Waals surface area contributed by atoms with Crippen molar-refractivity contribution < 1.29 is 33.3 Å². The van der Waals surface area contributed by atoms with E-state index in [1.165, 1.54) is 19.2 Å². The molecular weight excluding hydrogens is 390 g/mol. The van der Waals surface area contributed by atoms with Crippen molar-refractivity contribution in [2.24, 2.45) is 0 Å². The number of carbonyl (C=O) groups excluding carboxylic acids is 3. The number of esters is 2. The van der Waals surface area contributed by atoms with Gasteiger partial charge in [0.25, 0.3) is 5.91 Å². The molecule has 1 N–H and O–H groups in total. The van der Waals surface area contributed by atoms with Crippen LogP contribution in [0.25, 0.3) is 0 Å². The Morgan fingerprint density at radius 3 is 2.50 bits per heavy atom. The summed E-state index contributed by atoms with van der Waals surface area (Å²) >= 11 is 6.17. The van der Waals surface area contributed by atoms with E-state index in [2.05, 4.69) is 5.32 Å². The van der Waals surface area contributed by atoms with E-state index in [9.17, 15) is 14.4 Å². The average molecular weight is 416 g/mol. The second-order valence-corrected chi connectivity index (χ2v) is 6.40. The molecule has 8 nitrogen and oxygen atoms in total. The Balaban J connectivity index is 2.53. The Kier molecular flexibility index (Phi) is 10.2. The van der Waals surface area contributed by atoms with E-state index >= 15 is 0 Å². The summed E-state index contributed by atoms with van der Waals surface area (Å²) in [6, 6.07) is 2.82. The van der Waals surface area contributed by atoms with Crippen molar-refractivity contribution in [2.45, 2.75) is 39.7 Å². The lowest BCUT2D eigenvalue weighted by atomic mass is 10.2. The summed E-state index contributed by atoms with van der Waals surface area (Å²) in [7, 11) is 1.43. The van der Waals surface area contributed by atoms with Gasteiger partial charge in [-0.25, -0.2) is 4.79 Å². The van der Waals surface area contributed by atoms with Crippen LogP contribution in [0.3, 0.4) is 0 Å². The number of nitrogens with one attached hydrogen (secondary N) is 1. The van der Waals surface area contributed by atoms with Crippen molar-refractivity contribution in [3.63, 3.8) is 0 Å². The van der Waals surface area contributed by atoms with Crippen LogP contribution in [0.2, 0.25) is 5.02 Å². The lowest BCUT2D eigenvalue weighted by molar-refractivity contribution is -0.143. The number of carbonyl (C=O) groups is 3. The van der Waals surface area contributed by atoms with Crippen LogP contribution in [-0.2, 0) is 19.1 Å². The molecule has 0 heterocycles. The summed E-state index contributed by atoms with van der Waals surface area (Å²) in [4.78, 5) is 35.1. The minimum Gasteiger partial charge on any atom is -0.493 e. The molecule has 0 unspecified atom stereocenters. The highest BCUT2D eigenvalue weighted by Crippen LogP contribution is 2.37. The van der Waals surface area contributed by atoms with Crippen molar-refractivity contribution in [2.75, 3.05) is 26.9 Å². The summed E-state index contributed by atoms with van der Waals surface area (Å²) in [5.41, 5.74) is 0.132. The SMILES string of the molecule is CCOC(=O)CCCNC(=O)COC(=O)c1cc(Cl)c(OC(C)C)c(OC)c1. The highest BCUT2D eigenvalue weighted by atomic mass is 35.5. The van der Waals surface area contributed by atoms with Gasteiger partial charge in [-0.1, -0.05) is 11.6 Å². The third-order valence-electron chi connectivity index (χ3n) is 3.34. The maximum absolute atomic E-state index is 12.2. The second kappa shape index (κ2) is 12.1. The Labute approximate surface area is 169 Å². The predicted octanol–water partition coefficient (Wildman–Crippen LogP) is 2.75. The van der Waals surface area contributed by atoms with Crippen LogP contribution in [-0.4, -0.2) is 50.8 Å². The molecular formula is C19H26ClNO7. The first-order chi connectivity index (χ1) is 13.3. The first-order valence-electron chi connectivity index (χ1n) is 8.92. The molecule has 0 saturated heterocycles. The van der Waals surface area contributed by atoms with Crippen molar-refractivity contribution in [1.29, 1.82) is 0 Å². The van der Waals surface area contributed by atoms with Crippen LogP contribution < -0.4 is 14.8 Å². The highest BCUT2D eigenvalue weighted by Gasteiger charge is 2.18. The molecule has 0 radical (unpaired) electrons. The van der Waals surface area contributed by atoms with Gasteiger partial charge in [-0.2, -0.15) is 0 Å². The number of ether oxygens (including phenoxy) is 4. The van der Waals surface area contributed by atoms with Crippen LogP contribution in [0.4, 0.5) is 0 Å². The molecule has 1 aromatic carbocycles. The van der Waals surface area contributed by atoms with Gasteiger partial charge in [-0.05, 0) is 39.3 Å². The molecule has 9 heteroatoms. The van der Waals surface area contributed by atoms with E-state index < -0.39 is 18.5 Å². The van der Waals surface area contributed by atoms with E-state index in [0.717, 1.165) is 0 Å². The Bertz CT molecular complexity index is 691. The Hall–Kier alpha value is -2.48. The topological polar surface area (TPSA) is 100 Å². The largest absolute Gasteiger partial charge is 0.493 e. The molecule has 0 spiro atoms. The summed E-state index contributed by atoms with van der Waals surface area (Å²) < 4.78 is 20.6. The van der Waals surface area contributed by atoms with Crippen molar-refractivity contribution >= 4 is 29.4 Å². The number of halogens is 1. The minimum absolute atomic E-state index is 0.128. The van der Waals surface area contributed by atoms with Crippen molar-refractivity contribution in [1.82, 2.24) is 5.32 Å². The number of rotatable bonds is 11. The van der Waals surface area contributed by atoms with Crippen LogP contribution in [0.5, 0.6) is 11.5 Å². The molecule has 1 rings (SSSR count). The maximum Gasteiger partial charge on any atom is 0.338 e. The van der Waals surface area contributed by atoms with E-state index in [-0.39, 0.29) is 41.4 Å². The monoisotopic (exact) mass is 415 g/mol. The fourth-order valence-corrected chi connectivity index (χ4v) is 2.40. The van der Waals surface area contributed by atoms with Crippen LogP contribution in [0.15, 0.2) is 12.1 Å². The van der Waals surface area contributed by atoms with E-state index in [1.54, 1.807) is 6.92 Å². The summed E-state index contributed by atoms with van der Waals surface area (Å²) in [6.45, 7) is 5.54. The molecule has 156 valence electrons. The molecule has 0 atom stereocenters. The lowest BCUT2D eigenvalue weighted by Crippen LogP contribution is -2.30. The molecule has 0 aliphatic rings. The molecule has 1 amide bonds. The highest BCUT2D eigenvalue weighted by molar-refractivity contribution is 6.32.